The first kappa shape index (κ1) is 13.3. The van der Waals surface area contributed by atoms with Gasteiger partial charge in [-0.1, -0.05) is 0 Å². The first-order valence-corrected chi connectivity index (χ1v) is 7.94. The number of ether oxygens (including phenoxy) is 1. The monoisotopic (exact) mass is 282 g/mol. The minimum Gasteiger partial charge on any atom is -0.384 e. The zero-order valence-electron chi connectivity index (χ0n) is 11.5. The number of nitrogens with zero attached hydrogens (tertiary/aromatic N) is 3. The van der Waals surface area contributed by atoms with Crippen LogP contribution in [0.2, 0.25) is 0 Å². The second-order valence-corrected chi connectivity index (χ2v) is 6.20. The highest BCUT2D eigenvalue weighted by Gasteiger charge is 2.31. The van der Waals surface area contributed by atoms with Crippen LogP contribution in [0.25, 0.3) is 0 Å². The number of rotatable bonds is 6. The second kappa shape index (κ2) is 6.15. The number of hydrogen-bond donors (Lipinski definition) is 1. The standard InChI is InChI=1S/C13H22N4OS/c1-18-9-6-12-15-13(19-16-12)14-10-4-7-17(8-5-10)11-2-3-11/h10-11H,2-9H2,1H3,(H,14,15,16). The molecule has 0 spiro atoms. The Balaban J connectivity index is 1.44. The molecular weight excluding hydrogens is 260 g/mol. The number of likely N-dealkylation sites (tertiary alicyclic amines) is 1. The molecule has 0 unspecified atom stereocenters. The van der Waals surface area contributed by atoms with E-state index in [0.717, 1.165) is 23.4 Å². The number of anilines is 1. The summed E-state index contributed by atoms with van der Waals surface area (Å²) in [5.74, 6) is 0.893. The second-order valence-electron chi connectivity index (χ2n) is 5.44. The van der Waals surface area contributed by atoms with Gasteiger partial charge in [0.15, 0.2) is 0 Å². The van der Waals surface area contributed by atoms with Gasteiger partial charge >= 0.3 is 0 Å². The van der Waals surface area contributed by atoms with E-state index in [1.165, 1.54) is 50.3 Å². The molecule has 2 fully saturated rings. The topological polar surface area (TPSA) is 50.3 Å². The van der Waals surface area contributed by atoms with E-state index < -0.39 is 0 Å². The van der Waals surface area contributed by atoms with Gasteiger partial charge in [-0.05, 0) is 25.7 Å². The quantitative estimate of drug-likeness (QED) is 0.861. The summed E-state index contributed by atoms with van der Waals surface area (Å²) in [4.78, 5) is 7.15. The van der Waals surface area contributed by atoms with E-state index in [9.17, 15) is 0 Å². The lowest BCUT2D eigenvalue weighted by molar-refractivity contribution is 0.201. The average molecular weight is 282 g/mol. The third-order valence-electron chi connectivity index (χ3n) is 3.92. The maximum absolute atomic E-state index is 5.04. The molecule has 1 aromatic heterocycles. The summed E-state index contributed by atoms with van der Waals surface area (Å²) >= 11 is 1.47. The van der Waals surface area contributed by atoms with E-state index in [1.807, 2.05) is 0 Å². The zero-order valence-corrected chi connectivity index (χ0v) is 12.3. The van der Waals surface area contributed by atoms with Crippen molar-refractivity contribution in [2.45, 2.75) is 44.2 Å². The minimum atomic E-state index is 0.568. The Labute approximate surface area is 118 Å². The minimum absolute atomic E-state index is 0.568. The van der Waals surface area contributed by atoms with Gasteiger partial charge in [0.05, 0.1) is 6.61 Å². The molecule has 1 N–H and O–H groups in total. The van der Waals surface area contributed by atoms with Crippen LogP contribution in [0.1, 0.15) is 31.5 Å². The zero-order chi connectivity index (χ0) is 13.1. The molecule has 2 heterocycles. The van der Waals surface area contributed by atoms with E-state index >= 15 is 0 Å². The normalized spacial score (nSPS) is 21.7. The van der Waals surface area contributed by atoms with Crippen LogP contribution in [-0.2, 0) is 11.2 Å². The van der Waals surface area contributed by atoms with Crippen LogP contribution >= 0.6 is 11.5 Å². The van der Waals surface area contributed by atoms with Gasteiger partial charge in [0.2, 0.25) is 5.13 Å². The summed E-state index contributed by atoms with van der Waals surface area (Å²) in [6, 6.07) is 1.47. The van der Waals surface area contributed by atoms with Crippen molar-refractivity contribution in [1.29, 1.82) is 0 Å². The molecule has 1 aliphatic carbocycles. The maximum atomic E-state index is 5.04. The van der Waals surface area contributed by atoms with Gasteiger partial charge in [-0.25, -0.2) is 4.98 Å². The molecule has 1 saturated carbocycles. The predicted molar refractivity (Wildman–Crippen MR) is 76.7 cm³/mol. The van der Waals surface area contributed by atoms with E-state index in [1.54, 1.807) is 7.11 Å². The van der Waals surface area contributed by atoms with Crippen LogP contribution in [0.5, 0.6) is 0 Å². The number of aromatic nitrogens is 2. The first-order valence-electron chi connectivity index (χ1n) is 7.17. The first-order chi connectivity index (χ1) is 9.35. The van der Waals surface area contributed by atoms with Crippen molar-refractivity contribution in [1.82, 2.24) is 14.3 Å². The number of hydrogen-bond acceptors (Lipinski definition) is 6. The van der Waals surface area contributed by atoms with Crippen LogP contribution in [0.3, 0.4) is 0 Å². The largest absolute Gasteiger partial charge is 0.384 e. The molecule has 106 valence electrons. The summed E-state index contributed by atoms with van der Waals surface area (Å²) in [5, 5.41) is 4.50. The lowest BCUT2D eigenvalue weighted by atomic mass is 10.1. The van der Waals surface area contributed by atoms with Crippen LogP contribution in [0.4, 0.5) is 5.13 Å². The van der Waals surface area contributed by atoms with Crippen molar-refractivity contribution in [3.05, 3.63) is 5.82 Å². The summed E-state index contributed by atoms with van der Waals surface area (Å²) in [7, 11) is 1.71. The summed E-state index contributed by atoms with van der Waals surface area (Å²) in [6.07, 6.45) is 6.08. The Kier molecular flexibility index (Phi) is 4.30. The van der Waals surface area contributed by atoms with Crippen LogP contribution in [0, 0.1) is 0 Å². The average Bonchev–Trinajstić information content (AvgIpc) is 3.19. The highest BCUT2D eigenvalue weighted by molar-refractivity contribution is 7.09. The van der Waals surface area contributed by atoms with E-state index in [2.05, 4.69) is 19.6 Å². The van der Waals surface area contributed by atoms with Crippen LogP contribution < -0.4 is 5.32 Å². The summed E-state index contributed by atoms with van der Waals surface area (Å²) in [6.45, 7) is 3.16. The van der Waals surface area contributed by atoms with Crippen molar-refractivity contribution in [3.8, 4) is 0 Å². The molecule has 2 aliphatic rings. The third-order valence-corrected chi connectivity index (χ3v) is 4.60. The SMILES string of the molecule is COCCc1nsc(NC2CCN(C3CC3)CC2)n1. The molecule has 0 radical (unpaired) electrons. The Bertz CT molecular complexity index is 399. The number of methoxy groups -OCH3 is 1. The maximum Gasteiger partial charge on any atom is 0.202 e. The molecule has 0 atom stereocenters. The fourth-order valence-electron chi connectivity index (χ4n) is 2.63. The Hall–Kier alpha value is -0.720. The Morgan fingerprint density at radius 3 is 2.79 bits per heavy atom. The van der Waals surface area contributed by atoms with Gasteiger partial charge in [-0.15, -0.1) is 0 Å². The lowest BCUT2D eigenvalue weighted by Crippen LogP contribution is -2.40. The highest BCUT2D eigenvalue weighted by atomic mass is 32.1. The van der Waals surface area contributed by atoms with E-state index in [-0.39, 0.29) is 0 Å². The van der Waals surface area contributed by atoms with Gasteiger partial charge in [0.1, 0.15) is 5.82 Å². The van der Waals surface area contributed by atoms with Crippen LogP contribution in [-0.4, -0.2) is 53.1 Å². The molecule has 1 aromatic rings. The number of piperidine rings is 1. The van der Waals surface area contributed by atoms with E-state index in [4.69, 9.17) is 4.74 Å². The van der Waals surface area contributed by atoms with Gasteiger partial charge < -0.3 is 15.0 Å². The van der Waals surface area contributed by atoms with Crippen molar-refractivity contribution >= 4 is 16.7 Å². The molecule has 0 amide bonds. The van der Waals surface area contributed by atoms with Crippen molar-refractivity contribution in [2.75, 3.05) is 32.1 Å². The molecule has 6 heteroatoms. The fraction of sp³-hybridized carbons (Fsp3) is 0.846. The van der Waals surface area contributed by atoms with Gasteiger partial charge in [0, 0.05) is 50.2 Å². The van der Waals surface area contributed by atoms with Gasteiger partial charge in [0.25, 0.3) is 0 Å². The Morgan fingerprint density at radius 1 is 1.32 bits per heavy atom. The van der Waals surface area contributed by atoms with Crippen molar-refractivity contribution in [2.24, 2.45) is 0 Å². The smallest absolute Gasteiger partial charge is 0.202 e. The molecular formula is C13H22N4OS. The fourth-order valence-corrected chi connectivity index (χ4v) is 3.32. The predicted octanol–water partition coefficient (Wildman–Crippen LogP) is 1.77. The number of nitrogens with one attached hydrogen (secondary N) is 1. The highest BCUT2D eigenvalue weighted by Crippen LogP contribution is 2.30. The Morgan fingerprint density at radius 2 is 2.11 bits per heavy atom. The van der Waals surface area contributed by atoms with Gasteiger partial charge in [-0.3, -0.25) is 0 Å². The molecule has 3 rings (SSSR count). The molecule has 1 aliphatic heterocycles. The van der Waals surface area contributed by atoms with Crippen molar-refractivity contribution < 1.29 is 4.74 Å². The van der Waals surface area contributed by atoms with Gasteiger partial charge in [-0.2, -0.15) is 4.37 Å². The third kappa shape index (κ3) is 3.64. The molecule has 1 saturated heterocycles. The van der Waals surface area contributed by atoms with Crippen LogP contribution in [0.15, 0.2) is 0 Å². The van der Waals surface area contributed by atoms with E-state index in [0.29, 0.717) is 12.6 Å². The molecule has 0 bridgehead atoms. The molecule has 19 heavy (non-hydrogen) atoms. The van der Waals surface area contributed by atoms with Crippen molar-refractivity contribution in [3.63, 3.8) is 0 Å². The molecule has 5 nitrogen and oxygen atoms in total. The molecule has 0 aromatic carbocycles. The summed E-state index contributed by atoms with van der Waals surface area (Å²) in [5.41, 5.74) is 0. The lowest BCUT2D eigenvalue weighted by Gasteiger charge is -2.32. The summed E-state index contributed by atoms with van der Waals surface area (Å²) < 4.78 is 9.39.